The zero-order valence-electron chi connectivity index (χ0n) is 23.6. The summed E-state index contributed by atoms with van der Waals surface area (Å²) in [6.07, 6.45) is 2.00. The Morgan fingerprint density at radius 1 is 1.03 bits per heavy atom. The van der Waals surface area contributed by atoms with Crippen molar-refractivity contribution in [3.63, 3.8) is 0 Å². The van der Waals surface area contributed by atoms with Crippen LogP contribution < -0.4 is 0 Å². The van der Waals surface area contributed by atoms with Crippen LogP contribution in [0.5, 0.6) is 0 Å². The van der Waals surface area contributed by atoms with Gasteiger partial charge in [0.2, 0.25) is 0 Å². The Balaban J connectivity index is 2.81. The number of carbonyl (C=O) groups is 1. The van der Waals surface area contributed by atoms with Crippen molar-refractivity contribution in [2.45, 2.75) is 111 Å². The van der Waals surface area contributed by atoms with Gasteiger partial charge in [0.1, 0.15) is 5.60 Å². The summed E-state index contributed by atoms with van der Waals surface area (Å²) in [5, 5.41) is 2.02. The fourth-order valence-electron chi connectivity index (χ4n) is 3.62. The molecule has 0 aliphatic carbocycles. The molecule has 0 radical (unpaired) electrons. The molecule has 0 aromatic carbocycles. The number of ether oxygens (including phenoxy) is 1. The van der Waals surface area contributed by atoms with E-state index in [1.54, 1.807) is 0 Å². The van der Waals surface area contributed by atoms with Crippen molar-refractivity contribution < 1.29 is 22.4 Å². The molecule has 0 saturated heterocycles. The Labute approximate surface area is 227 Å². The van der Waals surface area contributed by atoms with E-state index in [2.05, 4.69) is 49.8 Å². The lowest BCUT2D eigenvalue weighted by Crippen LogP contribution is -2.42. The van der Waals surface area contributed by atoms with Crippen LogP contribution in [0.3, 0.4) is 0 Å². The summed E-state index contributed by atoms with van der Waals surface area (Å²) in [7, 11) is -5.24. The zero-order chi connectivity index (χ0) is 27.5. The van der Waals surface area contributed by atoms with Gasteiger partial charge in [0.25, 0.3) is 0 Å². The van der Waals surface area contributed by atoms with Gasteiger partial charge in [0.15, 0.2) is 18.2 Å². The maximum Gasteiger partial charge on any atom is 0.317 e. The van der Waals surface area contributed by atoms with Crippen LogP contribution in [0.1, 0.15) is 86.5 Å². The minimum atomic E-state index is -3.26. The molecule has 5 nitrogen and oxygen atoms in total. The highest BCUT2D eigenvalue weighted by molar-refractivity contribution is 9.10. The van der Waals surface area contributed by atoms with Gasteiger partial charge in [0.05, 0.1) is 16.9 Å². The number of carbonyl (C=O) groups excluding carboxylic acids is 1. The Morgan fingerprint density at radius 3 is 2.06 bits per heavy atom. The Kier molecular flexibility index (Phi) is 10.9. The van der Waals surface area contributed by atoms with E-state index in [9.17, 15) is 13.2 Å². The Hall–Kier alpha value is -0.223. The first-order valence-electron chi connectivity index (χ1n) is 12.3. The van der Waals surface area contributed by atoms with Crippen molar-refractivity contribution in [3.8, 4) is 0 Å². The van der Waals surface area contributed by atoms with Crippen molar-refractivity contribution in [2.24, 2.45) is 5.41 Å². The van der Waals surface area contributed by atoms with Gasteiger partial charge in [-0.3, -0.25) is 4.79 Å². The van der Waals surface area contributed by atoms with E-state index in [1.165, 1.54) is 11.3 Å². The maximum atomic E-state index is 13.2. The topological polar surface area (TPSA) is 69.7 Å². The molecule has 1 rings (SSSR count). The molecular formula is C26H47BrO5S2Si. The average molecular weight is 612 g/mol. The van der Waals surface area contributed by atoms with Gasteiger partial charge in [0, 0.05) is 21.3 Å². The number of rotatable bonds is 12. The maximum absolute atomic E-state index is 13.2. The molecule has 9 heteroatoms. The molecule has 204 valence electrons. The SMILES string of the molecule is CC(C)(CCCC(C)(C(=O)OC(C)(C)C)c1cc(Br)cs1)CS(=O)(=O)CCO[Si](C)(C)C(C)(C)C. The van der Waals surface area contributed by atoms with Gasteiger partial charge in [-0.2, -0.15) is 0 Å². The van der Waals surface area contributed by atoms with Crippen molar-refractivity contribution in [2.75, 3.05) is 18.1 Å². The third kappa shape index (κ3) is 10.6. The minimum absolute atomic E-state index is 0.0434. The number of esters is 1. The molecule has 0 amide bonds. The molecule has 1 aromatic heterocycles. The monoisotopic (exact) mass is 610 g/mol. The normalized spacial score (nSPS) is 15.7. The molecule has 0 aliphatic rings. The summed E-state index contributed by atoms with van der Waals surface area (Å²) >= 11 is 5.03. The summed E-state index contributed by atoms with van der Waals surface area (Å²) in [6, 6.07) is 1.98. The highest BCUT2D eigenvalue weighted by atomic mass is 79.9. The number of sulfone groups is 1. The van der Waals surface area contributed by atoms with Crippen molar-refractivity contribution in [1.29, 1.82) is 0 Å². The van der Waals surface area contributed by atoms with E-state index in [0.717, 1.165) is 9.35 Å². The second-order valence-electron chi connectivity index (χ2n) is 13.2. The molecule has 0 spiro atoms. The summed E-state index contributed by atoms with van der Waals surface area (Å²) in [5.74, 6) is -0.0938. The van der Waals surface area contributed by atoms with E-state index in [-0.39, 0.29) is 29.1 Å². The van der Waals surface area contributed by atoms with Gasteiger partial charge < -0.3 is 9.16 Å². The smallest absolute Gasteiger partial charge is 0.317 e. The predicted molar refractivity (Wildman–Crippen MR) is 155 cm³/mol. The molecule has 0 bridgehead atoms. The Bertz CT molecular complexity index is 955. The number of hydrogen-bond acceptors (Lipinski definition) is 6. The van der Waals surface area contributed by atoms with Gasteiger partial charge in [-0.05, 0) is 86.1 Å². The number of halogens is 1. The van der Waals surface area contributed by atoms with Crippen molar-refractivity contribution in [3.05, 3.63) is 20.8 Å². The highest BCUT2D eigenvalue weighted by Crippen LogP contribution is 2.40. The largest absolute Gasteiger partial charge is 0.459 e. The van der Waals surface area contributed by atoms with E-state index < -0.39 is 34.6 Å². The first kappa shape index (κ1) is 32.8. The van der Waals surface area contributed by atoms with Crippen LogP contribution in [0.15, 0.2) is 15.9 Å². The molecule has 0 aliphatic heterocycles. The van der Waals surface area contributed by atoms with Crippen molar-refractivity contribution in [1.82, 2.24) is 0 Å². The highest BCUT2D eigenvalue weighted by Gasteiger charge is 2.41. The van der Waals surface area contributed by atoms with Crippen LogP contribution in [-0.2, 0) is 29.2 Å². The van der Waals surface area contributed by atoms with Gasteiger partial charge in [-0.15, -0.1) is 11.3 Å². The zero-order valence-corrected chi connectivity index (χ0v) is 27.9. The van der Waals surface area contributed by atoms with Crippen LogP contribution in [0, 0.1) is 5.41 Å². The number of thiophene rings is 1. The summed E-state index contributed by atoms with van der Waals surface area (Å²) in [4.78, 5) is 14.2. The minimum Gasteiger partial charge on any atom is -0.459 e. The summed E-state index contributed by atoms with van der Waals surface area (Å²) in [6.45, 7) is 22.5. The summed E-state index contributed by atoms with van der Waals surface area (Å²) in [5.41, 5.74) is -1.76. The van der Waals surface area contributed by atoms with Crippen LogP contribution in [0.4, 0.5) is 0 Å². The third-order valence-corrected chi connectivity index (χ3v) is 15.3. The van der Waals surface area contributed by atoms with E-state index in [1.807, 2.05) is 53.0 Å². The van der Waals surface area contributed by atoms with E-state index in [0.29, 0.717) is 19.3 Å². The molecule has 1 heterocycles. The van der Waals surface area contributed by atoms with E-state index in [4.69, 9.17) is 9.16 Å². The second-order valence-corrected chi connectivity index (χ2v) is 22.0. The standard InChI is InChI=1S/C26H47BrO5S2Si/c1-23(2,3)32-22(28)26(9,21-17-20(27)18-33-21)14-12-13-25(7,8)19-34(29,30)16-15-31-35(10,11)24(4,5)6/h17-18H,12-16,19H2,1-11H3. The lowest BCUT2D eigenvalue weighted by Gasteiger charge is -2.36. The lowest BCUT2D eigenvalue weighted by atomic mass is 9.80. The molecule has 35 heavy (non-hydrogen) atoms. The third-order valence-electron chi connectivity index (χ3n) is 6.77. The van der Waals surface area contributed by atoms with Gasteiger partial charge in [-0.25, -0.2) is 8.42 Å². The first-order valence-corrected chi connectivity index (χ1v) is 18.7. The molecule has 1 aromatic rings. The molecule has 0 N–H and O–H groups in total. The molecule has 1 unspecified atom stereocenters. The van der Waals surface area contributed by atoms with Crippen LogP contribution in [0.2, 0.25) is 18.1 Å². The molecule has 0 saturated carbocycles. The fraction of sp³-hybridized carbons (Fsp3) is 0.808. The quantitative estimate of drug-likeness (QED) is 0.179. The van der Waals surface area contributed by atoms with Crippen molar-refractivity contribution >= 4 is 51.4 Å². The van der Waals surface area contributed by atoms with Crippen LogP contribution >= 0.6 is 27.3 Å². The van der Waals surface area contributed by atoms with Crippen LogP contribution in [0.25, 0.3) is 0 Å². The summed E-state index contributed by atoms with van der Waals surface area (Å²) < 4.78 is 38.6. The average Bonchev–Trinajstić information content (AvgIpc) is 3.04. The molecular weight excluding hydrogens is 564 g/mol. The lowest BCUT2D eigenvalue weighted by molar-refractivity contribution is -0.161. The van der Waals surface area contributed by atoms with E-state index >= 15 is 0 Å². The molecule has 1 atom stereocenters. The van der Waals surface area contributed by atoms with Gasteiger partial charge >= 0.3 is 5.97 Å². The second kappa shape index (κ2) is 11.7. The Morgan fingerprint density at radius 2 is 1.60 bits per heavy atom. The number of hydrogen-bond donors (Lipinski definition) is 0. The van der Waals surface area contributed by atoms with Crippen LogP contribution in [-0.4, -0.2) is 46.4 Å². The predicted octanol–water partition coefficient (Wildman–Crippen LogP) is 7.74. The fourth-order valence-corrected chi connectivity index (χ4v) is 8.24. The molecule has 0 fully saturated rings. The van der Waals surface area contributed by atoms with Gasteiger partial charge in [-0.1, -0.05) is 41.0 Å². The first-order chi connectivity index (χ1) is 15.5.